The first-order valence-electron chi connectivity index (χ1n) is 6.97. The van der Waals surface area contributed by atoms with E-state index in [0.29, 0.717) is 17.2 Å². The molecule has 0 bridgehead atoms. The van der Waals surface area contributed by atoms with Gasteiger partial charge in [0.25, 0.3) is 5.91 Å². The highest BCUT2D eigenvalue weighted by Crippen LogP contribution is 2.38. The van der Waals surface area contributed by atoms with Gasteiger partial charge < -0.3 is 24.3 Å². The highest BCUT2D eigenvalue weighted by Gasteiger charge is 2.27. The smallest absolute Gasteiger partial charge is 0.411 e. The number of rotatable bonds is 8. The first-order chi connectivity index (χ1) is 11.2. The summed E-state index contributed by atoms with van der Waals surface area (Å²) in [6.07, 6.45) is -4.40. The van der Waals surface area contributed by atoms with Gasteiger partial charge in [-0.25, -0.2) is 0 Å². The number of hydrogen-bond acceptors (Lipinski definition) is 5. The third-order valence-electron chi connectivity index (χ3n) is 2.94. The zero-order valence-electron chi connectivity index (χ0n) is 13.8. The van der Waals surface area contributed by atoms with Crippen LogP contribution >= 0.6 is 0 Å². The van der Waals surface area contributed by atoms with Gasteiger partial charge in [0.05, 0.1) is 27.9 Å². The lowest BCUT2D eigenvalue weighted by molar-refractivity contribution is -0.174. The van der Waals surface area contributed by atoms with Crippen LogP contribution in [0.2, 0.25) is 0 Å². The molecule has 0 fully saturated rings. The van der Waals surface area contributed by atoms with E-state index in [-0.39, 0.29) is 12.2 Å². The summed E-state index contributed by atoms with van der Waals surface area (Å²) in [6.45, 7) is -0.0979. The summed E-state index contributed by atoms with van der Waals surface area (Å²) in [5, 5.41) is 2.54. The summed E-state index contributed by atoms with van der Waals surface area (Å²) in [7, 11) is 4.25. The molecule has 9 heteroatoms. The van der Waals surface area contributed by atoms with Gasteiger partial charge in [0.15, 0.2) is 11.5 Å². The normalized spacial score (nSPS) is 12.5. The van der Waals surface area contributed by atoms with E-state index in [1.807, 2.05) is 0 Å². The van der Waals surface area contributed by atoms with Crippen molar-refractivity contribution in [2.24, 2.45) is 0 Å². The Balaban J connectivity index is 2.77. The molecule has 1 aromatic carbocycles. The first kappa shape index (κ1) is 19.9. The van der Waals surface area contributed by atoms with Crippen LogP contribution in [0.1, 0.15) is 17.3 Å². The van der Waals surface area contributed by atoms with E-state index in [2.05, 4.69) is 10.1 Å². The van der Waals surface area contributed by atoms with Crippen LogP contribution < -0.4 is 19.5 Å². The zero-order valence-corrected chi connectivity index (χ0v) is 13.8. The van der Waals surface area contributed by atoms with Crippen molar-refractivity contribution in [2.75, 3.05) is 34.5 Å². The predicted octanol–water partition coefficient (Wildman–Crippen LogP) is 2.41. The molecular formula is C15H20F3NO5. The number of carbonyl (C=O) groups is 1. The van der Waals surface area contributed by atoms with Crippen molar-refractivity contribution in [1.29, 1.82) is 0 Å². The van der Waals surface area contributed by atoms with Crippen molar-refractivity contribution in [1.82, 2.24) is 5.32 Å². The van der Waals surface area contributed by atoms with Crippen molar-refractivity contribution in [2.45, 2.75) is 19.1 Å². The summed E-state index contributed by atoms with van der Waals surface area (Å²) >= 11 is 0. The molecule has 1 amide bonds. The van der Waals surface area contributed by atoms with E-state index < -0.39 is 24.7 Å². The fourth-order valence-corrected chi connectivity index (χ4v) is 1.91. The van der Waals surface area contributed by atoms with Crippen LogP contribution in [0.4, 0.5) is 13.2 Å². The largest absolute Gasteiger partial charge is 0.493 e. The van der Waals surface area contributed by atoms with E-state index in [1.165, 1.54) is 40.4 Å². The van der Waals surface area contributed by atoms with E-state index in [0.717, 1.165) is 0 Å². The molecule has 0 radical (unpaired) electrons. The number of ether oxygens (including phenoxy) is 4. The number of halogens is 3. The second kappa shape index (κ2) is 8.62. The van der Waals surface area contributed by atoms with Crippen molar-refractivity contribution < 1.29 is 36.9 Å². The molecule has 0 aliphatic heterocycles. The lowest BCUT2D eigenvalue weighted by Gasteiger charge is -2.17. The third kappa shape index (κ3) is 5.80. The predicted molar refractivity (Wildman–Crippen MR) is 79.9 cm³/mol. The number of methoxy groups -OCH3 is 3. The molecule has 1 rings (SSSR count). The Morgan fingerprint density at radius 3 is 2.08 bits per heavy atom. The molecule has 6 nitrogen and oxygen atoms in total. The molecule has 24 heavy (non-hydrogen) atoms. The van der Waals surface area contributed by atoms with Crippen molar-refractivity contribution in [3.63, 3.8) is 0 Å². The van der Waals surface area contributed by atoms with Crippen molar-refractivity contribution in [3.05, 3.63) is 17.7 Å². The maximum Gasteiger partial charge on any atom is 0.411 e. The maximum atomic E-state index is 12.2. The minimum atomic E-state index is -4.40. The highest BCUT2D eigenvalue weighted by atomic mass is 19.4. The van der Waals surface area contributed by atoms with Crippen LogP contribution in [0.5, 0.6) is 17.2 Å². The lowest BCUT2D eigenvalue weighted by atomic mass is 10.1. The van der Waals surface area contributed by atoms with Crippen LogP contribution in [0.15, 0.2) is 12.1 Å². The molecule has 1 atom stereocenters. The van der Waals surface area contributed by atoms with Crippen LogP contribution in [-0.2, 0) is 4.74 Å². The summed E-state index contributed by atoms with van der Waals surface area (Å²) in [4.78, 5) is 12.2. The molecule has 1 unspecified atom stereocenters. The molecule has 1 aromatic rings. The molecule has 0 saturated carbocycles. The minimum absolute atomic E-state index is 0.215. The number of hydrogen-bond donors (Lipinski definition) is 1. The molecule has 136 valence electrons. The molecule has 0 aromatic heterocycles. The minimum Gasteiger partial charge on any atom is -0.493 e. The van der Waals surface area contributed by atoms with Gasteiger partial charge >= 0.3 is 6.18 Å². The van der Waals surface area contributed by atoms with E-state index >= 15 is 0 Å². The maximum absolute atomic E-state index is 12.2. The van der Waals surface area contributed by atoms with E-state index in [1.54, 1.807) is 0 Å². The molecule has 0 aliphatic carbocycles. The quantitative estimate of drug-likeness (QED) is 0.779. The Kier molecular flexibility index (Phi) is 7.15. The van der Waals surface area contributed by atoms with Gasteiger partial charge in [0.1, 0.15) is 6.61 Å². The Hall–Kier alpha value is -2.16. The van der Waals surface area contributed by atoms with Gasteiger partial charge in [0, 0.05) is 11.6 Å². The van der Waals surface area contributed by atoms with Crippen molar-refractivity contribution >= 4 is 5.91 Å². The second-order valence-corrected chi connectivity index (χ2v) is 4.92. The van der Waals surface area contributed by atoms with Gasteiger partial charge in [-0.2, -0.15) is 13.2 Å². The number of carbonyl (C=O) groups excluding carboxylic acids is 1. The Labute approximate surface area is 137 Å². The summed E-state index contributed by atoms with van der Waals surface area (Å²) < 4.78 is 56.0. The highest BCUT2D eigenvalue weighted by molar-refractivity contribution is 5.95. The molecule has 0 heterocycles. The Morgan fingerprint density at radius 2 is 1.67 bits per heavy atom. The van der Waals surface area contributed by atoms with Crippen molar-refractivity contribution in [3.8, 4) is 17.2 Å². The van der Waals surface area contributed by atoms with Gasteiger partial charge in [0.2, 0.25) is 5.75 Å². The molecule has 0 spiro atoms. The SMILES string of the molecule is COc1cc(C(=O)NC(C)COCC(F)(F)F)cc(OC)c1OC. The van der Waals surface area contributed by atoms with Gasteiger partial charge in [-0.1, -0.05) is 0 Å². The standard InChI is InChI=1S/C15H20F3NO5/c1-9(7-24-8-15(16,17)18)19-14(20)10-5-11(21-2)13(23-4)12(6-10)22-3/h5-6,9H,7-8H2,1-4H3,(H,19,20). The fourth-order valence-electron chi connectivity index (χ4n) is 1.91. The zero-order chi connectivity index (χ0) is 18.3. The number of alkyl halides is 3. The van der Waals surface area contributed by atoms with Crippen LogP contribution in [0, 0.1) is 0 Å². The van der Waals surface area contributed by atoms with Gasteiger partial charge in [-0.05, 0) is 19.1 Å². The molecule has 0 aliphatic rings. The lowest BCUT2D eigenvalue weighted by Crippen LogP contribution is -2.36. The Morgan fingerprint density at radius 1 is 1.12 bits per heavy atom. The Bertz CT molecular complexity index is 538. The second-order valence-electron chi connectivity index (χ2n) is 4.92. The molecular weight excluding hydrogens is 331 g/mol. The average Bonchev–Trinajstić information content (AvgIpc) is 2.51. The summed E-state index contributed by atoms with van der Waals surface area (Å²) in [6, 6.07) is 2.28. The van der Waals surface area contributed by atoms with Crippen LogP contribution in [0.3, 0.4) is 0 Å². The van der Waals surface area contributed by atoms with E-state index in [9.17, 15) is 18.0 Å². The van der Waals surface area contributed by atoms with Gasteiger partial charge in [-0.15, -0.1) is 0 Å². The number of nitrogens with one attached hydrogen (secondary N) is 1. The number of benzene rings is 1. The average molecular weight is 351 g/mol. The third-order valence-corrected chi connectivity index (χ3v) is 2.94. The first-order valence-corrected chi connectivity index (χ1v) is 6.97. The van der Waals surface area contributed by atoms with Gasteiger partial charge in [-0.3, -0.25) is 4.79 Å². The topological polar surface area (TPSA) is 66.0 Å². The monoisotopic (exact) mass is 351 g/mol. The summed E-state index contributed by atoms with van der Waals surface area (Å²) in [5.74, 6) is 0.418. The number of amides is 1. The van der Waals surface area contributed by atoms with Crippen LogP contribution in [-0.4, -0.2) is 52.7 Å². The van der Waals surface area contributed by atoms with Crippen LogP contribution in [0.25, 0.3) is 0 Å². The molecule has 1 N–H and O–H groups in total. The fraction of sp³-hybridized carbons (Fsp3) is 0.533. The van der Waals surface area contributed by atoms with E-state index in [4.69, 9.17) is 14.2 Å². The molecule has 0 saturated heterocycles. The summed E-state index contributed by atoms with van der Waals surface area (Å²) in [5.41, 5.74) is 0.215.